The van der Waals surface area contributed by atoms with Crippen LogP contribution in [0.1, 0.15) is 32.1 Å². The van der Waals surface area contributed by atoms with Crippen LogP contribution in [0.3, 0.4) is 0 Å². The number of nitrogens with one attached hydrogen (secondary N) is 1. The van der Waals surface area contributed by atoms with Gasteiger partial charge in [0.25, 0.3) is 0 Å². The minimum atomic E-state index is -1.15. The fourth-order valence-electron chi connectivity index (χ4n) is 4.28. The molecule has 2 aromatic rings. The molecule has 0 saturated carbocycles. The van der Waals surface area contributed by atoms with Crippen LogP contribution < -0.4 is 5.32 Å². The van der Waals surface area contributed by atoms with Crippen molar-refractivity contribution in [3.63, 3.8) is 0 Å². The van der Waals surface area contributed by atoms with Gasteiger partial charge in [-0.05, 0) is 56.4 Å². The highest BCUT2D eigenvalue weighted by molar-refractivity contribution is 6.03. The topological polar surface area (TPSA) is 126 Å². The zero-order valence-corrected chi connectivity index (χ0v) is 18.4. The molecule has 1 aromatic heterocycles. The van der Waals surface area contributed by atoms with Crippen molar-refractivity contribution >= 4 is 34.3 Å². The summed E-state index contributed by atoms with van der Waals surface area (Å²) in [5.41, 5.74) is 1.36. The third kappa shape index (κ3) is 5.15. The van der Waals surface area contributed by atoms with Gasteiger partial charge < -0.3 is 19.5 Å². The summed E-state index contributed by atoms with van der Waals surface area (Å²) in [6.07, 6.45) is 5.63. The van der Waals surface area contributed by atoms with Crippen LogP contribution >= 0.6 is 0 Å². The maximum Gasteiger partial charge on any atom is 0.247 e. The highest BCUT2D eigenvalue weighted by atomic mass is 16.3. The van der Waals surface area contributed by atoms with Gasteiger partial charge in [0.1, 0.15) is 17.5 Å². The first kappa shape index (κ1) is 22.3. The third-order valence-electron chi connectivity index (χ3n) is 6.09. The summed E-state index contributed by atoms with van der Waals surface area (Å²) in [5.74, 6) is -1.29. The Bertz CT molecular complexity index is 1120. The van der Waals surface area contributed by atoms with E-state index in [1.807, 2.05) is 24.3 Å². The maximum atomic E-state index is 13.3. The van der Waals surface area contributed by atoms with Crippen molar-refractivity contribution in [2.24, 2.45) is 10.9 Å². The van der Waals surface area contributed by atoms with Crippen LogP contribution in [0.2, 0.25) is 0 Å². The molecule has 0 radical (unpaired) electrons. The van der Waals surface area contributed by atoms with E-state index in [2.05, 4.69) is 10.3 Å². The molecule has 0 bridgehead atoms. The van der Waals surface area contributed by atoms with Crippen LogP contribution in [0, 0.1) is 28.6 Å². The molecule has 1 N–H and O–H groups in total. The zero-order valence-electron chi connectivity index (χ0n) is 18.4. The molecule has 0 aliphatic carbocycles. The first-order valence-corrected chi connectivity index (χ1v) is 11.3. The molecule has 4 rings (SSSR count). The Kier molecular flexibility index (Phi) is 6.89. The summed E-state index contributed by atoms with van der Waals surface area (Å²) < 4.78 is 5.35. The van der Waals surface area contributed by atoms with E-state index in [-0.39, 0.29) is 24.2 Å². The van der Waals surface area contributed by atoms with E-state index in [4.69, 9.17) is 4.42 Å². The number of likely N-dealkylation sites (tertiary alicyclic amines) is 2. The minimum absolute atomic E-state index is 0.0378. The molecule has 9 heteroatoms. The standard InChI is InChI=1S/C24H26N6O3/c25-14-18(15-26)23(27-19-6-7-21-17(13-19)8-12-33-21)28-20-5-1-2-11-30(24(20)32)16-22(31)29-9-3-4-10-29/h6-8,12-13,18,20H,1-5,9-11,16H2,(H,27,28)/t20-/m0/s1. The van der Waals surface area contributed by atoms with Crippen molar-refractivity contribution in [2.45, 2.75) is 38.1 Å². The Morgan fingerprint density at radius 1 is 1.15 bits per heavy atom. The Morgan fingerprint density at radius 3 is 2.67 bits per heavy atom. The number of carbonyl (C=O) groups excluding carboxylic acids is 2. The number of hydrogen-bond donors (Lipinski definition) is 1. The average Bonchev–Trinajstić information content (AvgIpc) is 3.49. The van der Waals surface area contributed by atoms with E-state index < -0.39 is 12.0 Å². The Labute approximate surface area is 192 Å². The molecule has 2 aliphatic rings. The van der Waals surface area contributed by atoms with Gasteiger partial charge in [0.15, 0.2) is 5.92 Å². The second-order valence-corrected chi connectivity index (χ2v) is 8.36. The van der Waals surface area contributed by atoms with Gasteiger partial charge in [-0.3, -0.25) is 14.6 Å². The predicted octanol–water partition coefficient (Wildman–Crippen LogP) is 2.91. The highest BCUT2D eigenvalue weighted by Gasteiger charge is 2.31. The van der Waals surface area contributed by atoms with Crippen LogP contribution in [0.5, 0.6) is 0 Å². The lowest BCUT2D eigenvalue weighted by Crippen LogP contribution is -2.45. The van der Waals surface area contributed by atoms with E-state index >= 15 is 0 Å². The van der Waals surface area contributed by atoms with Crippen molar-refractivity contribution in [1.82, 2.24) is 9.80 Å². The van der Waals surface area contributed by atoms with Gasteiger partial charge in [0.05, 0.1) is 24.9 Å². The van der Waals surface area contributed by atoms with Gasteiger partial charge in [-0.25, -0.2) is 0 Å². The van der Waals surface area contributed by atoms with Gasteiger partial charge in [0.2, 0.25) is 11.8 Å². The minimum Gasteiger partial charge on any atom is -0.464 e. The lowest BCUT2D eigenvalue weighted by molar-refractivity contribution is -0.140. The summed E-state index contributed by atoms with van der Waals surface area (Å²) in [5, 5.41) is 22.9. The quantitative estimate of drug-likeness (QED) is 0.556. The molecule has 9 nitrogen and oxygen atoms in total. The van der Waals surface area contributed by atoms with Crippen molar-refractivity contribution in [2.75, 3.05) is 31.5 Å². The first-order valence-electron chi connectivity index (χ1n) is 11.3. The Morgan fingerprint density at radius 2 is 1.91 bits per heavy atom. The molecule has 2 saturated heterocycles. The molecule has 0 unspecified atom stereocenters. The second kappa shape index (κ2) is 10.2. The van der Waals surface area contributed by atoms with E-state index in [9.17, 15) is 20.1 Å². The number of nitrogens with zero attached hydrogens (tertiary/aromatic N) is 5. The lowest BCUT2D eigenvalue weighted by atomic mass is 10.1. The van der Waals surface area contributed by atoms with Crippen LogP contribution in [0.25, 0.3) is 11.0 Å². The van der Waals surface area contributed by atoms with Crippen molar-refractivity contribution in [3.05, 3.63) is 30.5 Å². The van der Waals surface area contributed by atoms with Crippen LogP contribution in [-0.2, 0) is 9.59 Å². The van der Waals surface area contributed by atoms with Crippen molar-refractivity contribution in [1.29, 1.82) is 10.5 Å². The largest absolute Gasteiger partial charge is 0.464 e. The van der Waals surface area contributed by atoms with Crippen LogP contribution in [0.4, 0.5) is 5.69 Å². The summed E-state index contributed by atoms with van der Waals surface area (Å²) in [7, 11) is 0. The molecule has 1 aromatic carbocycles. The number of amides is 2. The number of fused-ring (bicyclic) bond motifs is 1. The molecule has 2 aliphatic heterocycles. The summed E-state index contributed by atoms with van der Waals surface area (Å²) in [6.45, 7) is 2.03. The van der Waals surface area contributed by atoms with E-state index in [0.717, 1.165) is 44.2 Å². The second-order valence-electron chi connectivity index (χ2n) is 8.36. The zero-order chi connectivity index (χ0) is 23.2. The van der Waals surface area contributed by atoms with Gasteiger partial charge in [0, 0.05) is 30.7 Å². The summed E-state index contributed by atoms with van der Waals surface area (Å²) in [6, 6.07) is 10.3. The first-order chi connectivity index (χ1) is 16.1. The molecular weight excluding hydrogens is 420 g/mol. The SMILES string of the molecule is N#CC(C#N)C(=N[C@H]1CCCCN(CC(=O)N2CCCC2)C1=O)Nc1ccc2occc2c1. The lowest BCUT2D eigenvalue weighted by Gasteiger charge is -2.25. The molecule has 0 spiro atoms. The van der Waals surface area contributed by atoms with Crippen molar-refractivity contribution < 1.29 is 14.0 Å². The van der Waals surface area contributed by atoms with Crippen molar-refractivity contribution in [3.8, 4) is 12.1 Å². The molecule has 3 heterocycles. The number of furan rings is 1. The monoisotopic (exact) mass is 446 g/mol. The van der Waals surface area contributed by atoms with Crippen LogP contribution in [0.15, 0.2) is 39.9 Å². The summed E-state index contributed by atoms with van der Waals surface area (Å²) in [4.78, 5) is 33.8. The van der Waals surface area contributed by atoms with Gasteiger partial charge >= 0.3 is 0 Å². The van der Waals surface area contributed by atoms with E-state index in [0.29, 0.717) is 24.2 Å². The third-order valence-corrected chi connectivity index (χ3v) is 6.09. The number of anilines is 1. The smallest absolute Gasteiger partial charge is 0.247 e. The molecule has 2 fully saturated rings. The fraction of sp³-hybridized carbons (Fsp3) is 0.458. The number of hydrogen-bond acceptors (Lipinski definition) is 6. The normalized spacial score (nSPS) is 19.4. The van der Waals surface area contributed by atoms with Gasteiger partial charge in [-0.1, -0.05) is 0 Å². The van der Waals surface area contributed by atoms with Gasteiger partial charge in [-0.2, -0.15) is 10.5 Å². The maximum absolute atomic E-state index is 13.3. The molecule has 170 valence electrons. The fourth-order valence-corrected chi connectivity index (χ4v) is 4.28. The molecule has 33 heavy (non-hydrogen) atoms. The molecule has 1 atom stereocenters. The van der Waals surface area contributed by atoms with Crippen LogP contribution in [-0.4, -0.2) is 59.7 Å². The van der Waals surface area contributed by atoms with Gasteiger partial charge in [-0.15, -0.1) is 0 Å². The Hall–Kier alpha value is -3.85. The molecule has 2 amide bonds. The summed E-state index contributed by atoms with van der Waals surface area (Å²) >= 11 is 0. The number of amidine groups is 1. The predicted molar refractivity (Wildman–Crippen MR) is 122 cm³/mol. The Balaban J connectivity index is 1.56. The number of rotatable bonds is 5. The van der Waals surface area contributed by atoms with E-state index in [1.54, 1.807) is 28.2 Å². The molecular formula is C24H26N6O3. The average molecular weight is 447 g/mol. The number of aliphatic imine (C=N–C) groups is 1. The highest BCUT2D eigenvalue weighted by Crippen LogP contribution is 2.22. The van der Waals surface area contributed by atoms with E-state index in [1.165, 1.54) is 0 Å². The number of benzene rings is 1. The number of carbonyl (C=O) groups is 2. The number of nitriles is 2.